The fourth-order valence-corrected chi connectivity index (χ4v) is 1.67. The van der Waals surface area contributed by atoms with Crippen molar-refractivity contribution in [2.45, 2.75) is 26.8 Å². The van der Waals surface area contributed by atoms with E-state index in [0.717, 1.165) is 5.56 Å². The molecular weight excluding hydrogens is 242 g/mol. The van der Waals surface area contributed by atoms with Crippen molar-refractivity contribution in [3.63, 3.8) is 0 Å². The zero-order valence-corrected chi connectivity index (χ0v) is 11.8. The normalized spacial score (nSPS) is 12.1. The molecule has 2 amide bonds. The van der Waals surface area contributed by atoms with Crippen LogP contribution in [0.2, 0.25) is 0 Å². The number of anilines is 1. The van der Waals surface area contributed by atoms with Crippen molar-refractivity contribution < 1.29 is 9.59 Å². The van der Waals surface area contributed by atoms with Crippen molar-refractivity contribution in [1.82, 2.24) is 5.32 Å². The van der Waals surface area contributed by atoms with Gasteiger partial charge in [0.25, 0.3) is 5.91 Å². The summed E-state index contributed by atoms with van der Waals surface area (Å²) in [6.45, 7) is 5.57. The van der Waals surface area contributed by atoms with Gasteiger partial charge in [-0.25, -0.2) is 0 Å². The summed E-state index contributed by atoms with van der Waals surface area (Å²) in [7, 11) is 1.57. The Bertz CT molecular complexity index is 484. The molecule has 0 aliphatic carbocycles. The topological polar surface area (TPSA) is 84.2 Å². The van der Waals surface area contributed by atoms with E-state index in [0.29, 0.717) is 11.3 Å². The summed E-state index contributed by atoms with van der Waals surface area (Å²) in [6, 6.07) is 4.63. The third kappa shape index (κ3) is 3.54. The molecule has 1 atom stereocenters. The van der Waals surface area contributed by atoms with Crippen LogP contribution in [-0.2, 0) is 4.79 Å². The second-order valence-corrected chi connectivity index (χ2v) is 4.82. The molecule has 0 aliphatic heterocycles. The molecule has 0 spiro atoms. The Morgan fingerprint density at radius 1 is 1.26 bits per heavy atom. The number of hydrogen-bond donors (Lipinski definition) is 3. The highest BCUT2D eigenvalue weighted by Gasteiger charge is 2.19. The number of carbonyl (C=O) groups excluding carboxylic acids is 2. The van der Waals surface area contributed by atoms with Gasteiger partial charge in [-0.3, -0.25) is 9.59 Å². The lowest BCUT2D eigenvalue weighted by Gasteiger charge is -2.17. The molecule has 0 saturated carbocycles. The highest BCUT2D eigenvalue weighted by molar-refractivity contribution is 6.00. The van der Waals surface area contributed by atoms with Crippen LogP contribution in [0.4, 0.5) is 5.69 Å². The lowest BCUT2D eigenvalue weighted by molar-refractivity contribution is -0.118. The van der Waals surface area contributed by atoms with Crippen molar-refractivity contribution >= 4 is 17.5 Å². The van der Waals surface area contributed by atoms with E-state index < -0.39 is 6.04 Å². The molecular formula is C14H21N3O2. The largest absolute Gasteiger partial charge is 0.355 e. The number of nitrogens with two attached hydrogens (primary N) is 1. The van der Waals surface area contributed by atoms with Crippen LogP contribution in [0.3, 0.4) is 0 Å². The molecule has 0 saturated heterocycles. The summed E-state index contributed by atoms with van der Waals surface area (Å²) < 4.78 is 0. The zero-order chi connectivity index (χ0) is 14.6. The van der Waals surface area contributed by atoms with Crippen LogP contribution in [0.5, 0.6) is 0 Å². The Morgan fingerprint density at radius 2 is 1.89 bits per heavy atom. The molecule has 0 fully saturated rings. The summed E-state index contributed by atoms with van der Waals surface area (Å²) in [4.78, 5) is 23.6. The van der Waals surface area contributed by atoms with Crippen molar-refractivity contribution in [1.29, 1.82) is 0 Å². The van der Waals surface area contributed by atoms with Gasteiger partial charge < -0.3 is 16.4 Å². The molecule has 5 heteroatoms. The first kappa shape index (κ1) is 15.2. The van der Waals surface area contributed by atoms with Gasteiger partial charge in [-0.1, -0.05) is 19.9 Å². The number of amides is 2. The quantitative estimate of drug-likeness (QED) is 0.765. The second-order valence-electron chi connectivity index (χ2n) is 4.82. The maximum atomic E-state index is 11.9. The third-order valence-electron chi connectivity index (χ3n) is 3.08. The number of hydrogen-bond acceptors (Lipinski definition) is 3. The van der Waals surface area contributed by atoms with Gasteiger partial charge in [-0.05, 0) is 30.5 Å². The van der Waals surface area contributed by atoms with Crippen LogP contribution >= 0.6 is 0 Å². The minimum absolute atomic E-state index is 0.0578. The highest BCUT2D eigenvalue weighted by Crippen LogP contribution is 2.19. The van der Waals surface area contributed by atoms with Crippen molar-refractivity contribution in [2.75, 3.05) is 12.4 Å². The van der Waals surface area contributed by atoms with Crippen molar-refractivity contribution in [2.24, 2.45) is 11.7 Å². The summed E-state index contributed by atoms with van der Waals surface area (Å²) in [5, 5.41) is 5.33. The van der Waals surface area contributed by atoms with Gasteiger partial charge in [0.05, 0.1) is 6.04 Å². The second kappa shape index (κ2) is 6.33. The Kier molecular flexibility index (Phi) is 5.06. The van der Waals surface area contributed by atoms with E-state index in [1.54, 1.807) is 32.2 Å². The lowest BCUT2D eigenvalue weighted by Crippen LogP contribution is -2.40. The molecule has 4 N–H and O–H groups in total. The minimum Gasteiger partial charge on any atom is -0.355 e. The standard InChI is InChI=1S/C14H21N3O2/c1-8(2)12(15)14(19)17-11-7-5-6-10(9(11)3)13(18)16-4/h5-8,12H,15H2,1-4H3,(H,16,18)(H,17,19). The first-order chi connectivity index (χ1) is 8.88. The molecule has 104 valence electrons. The van der Waals surface area contributed by atoms with E-state index in [2.05, 4.69) is 10.6 Å². The predicted octanol–water partition coefficient (Wildman–Crippen LogP) is 1.28. The maximum Gasteiger partial charge on any atom is 0.251 e. The van der Waals surface area contributed by atoms with Gasteiger partial charge in [-0.2, -0.15) is 0 Å². The fourth-order valence-electron chi connectivity index (χ4n) is 1.67. The fraction of sp³-hybridized carbons (Fsp3) is 0.429. The molecule has 19 heavy (non-hydrogen) atoms. The van der Waals surface area contributed by atoms with Crippen molar-refractivity contribution in [3.05, 3.63) is 29.3 Å². The highest BCUT2D eigenvalue weighted by atomic mass is 16.2. The molecule has 5 nitrogen and oxygen atoms in total. The van der Waals surface area contributed by atoms with E-state index in [9.17, 15) is 9.59 Å². The minimum atomic E-state index is -0.567. The predicted molar refractivity (Wildman–Crippen MR) is 76.0 cm³/mol. The Balaban J connectivity index is 2.97. The van der Waals surface area contributed by atoms with Gasteiger partial charge in [0.2, 0.25) is 5.91 Å². The molecule has 0 heterocycles. The number of rotatable bonds is 4. The molecule has 0 radical (unpaired) electrons. The van der Waals surface area contributed by atoms with Gasteiger partial charge in [-0.15, -0.1) is 0 Å². The van der Waals surface area contributed by atoms with E-state index in [1.807, 2.05) is 13.8 Å². The van der Waals surface area contributed by atoms with Crippen LogP contribution in [-0.4, -0.2) is 24.9 Å². The van der Waals surface area contributed by atoms with E-state index in [-0.39, 0.29) is 17.7 Å². The summed E-state index contributed by atoms with van der Waals surface area (Å²) in [6.07, 6.45) is 0. The first-order valence-corrected chi connectivity index (χ1v) is 6.26. The molecule has 1 unspecified atom stereocenters. The lowest BCUT2D eigenvalue weighted by atomic mass is 10.0. The van der Waals surface area contributed by atoms with E-state index in [4.69, 9.17) is 5.73 Å². The van der Waals surface area contributed by atoms with Gasteiger partial charge in [0.15, 0.2) is 0 Å². The Morgan fingerprint density at radius 3 is 2.42 bits per heavy atom. The molecule has 0 aliphatic rings. The average molecular weight is 263 g/mol. The molecule has 0 bridgehead atoms. The smallest absolute Gasteiger partial charge is 0.251 e. The monoisotopic (exact) mass is 263 g/mol. The zero-order valence-electron chi connectivity index (χ0n) is 11.8. The van der Waals surface area contributed by atoms with Crippen LogP contribution in [0, 0.1) is 12.8 Å². The van der Waals surface area contributed by atoms with E-state index in [1.165, 1.54) is 0 Å². The number of nitrogens with one attached hydrogen (secondary N) is 2. The van der Waals surface area contributed by atoms with Crippen LogP contribution in [0.1, 0.15) is 29.8 Å². The Labute approximate surface area is 113 Å². The van der Waals surface area contributed by atoms with E-state index >= 15 is 0 Å². The first-order valence-electron chi connectivity index (χ1n) is 6.26. The summed E-state index contributed by atoms with van der Waals surface area (Å²) in [5.74, 6) is -0.364. The SMILES string of the molecule is CNC(=O)c1cccc(NC(=O)C(N)C(C)C)c1C. The number of benzene rings is 1. The number of carbonyl (C=O) groups is 2. The third-order valence-corrected chi connectivity index (χ3v) is 3.08. The van der Waals surface area contributed by atoms with Gasteiger partial charge in [0, 0.05) is 18.3 Å². The molecule has 0 aromatic heterocycles. The summed E-state index contributed by atoms with van der Waals surface area (Å²) in [5.41, 5.74) is 7.67. The van der Waals surface area contributed by atoms with Gasteiger partial charge >= 0.3 is 0 Å². The van der Waals surface area contributed by atoms with Crippen LogP contribution < -0.4 is 16.4 Å². The van der Waals surface area contributed by atoms with Crippen LogP contribution in [0.15, 0.2) is 18.2 Å². The average Bonchev–Trinajstić information content (AvgIpc) is 2.39. The Hall–Kier alpha value is -1.88. The molecule has 1 aromatic carbocycles. The van der Waals surface area contributed by atoms with Gasteiger partial charge in [0.1, 0.15) is 0 Å². The molecule has 1 rings (SSSR count). The summed E-state index contributed by atoms with van der Waals surface area (Å²) >= 11 is 0. The molecule has 1 aromatic rings. The van der Waals surface area contributed by atoms with Crippen LogP contribution in [0.25, 0.3) is 0 Å². The maximum absolute atomic E-state index is 11.9. The van der Waals surface area contributed by atoms with Crippen molar-refractivity contribution in [3.8, 4) is 0 Å².